The van der Waals surface area contributed by atoms with Gasteiger partial charge in [-0.25, -0.2) is 5.43 Å². The Hall–Kier alpha value is -2.47. The first kappa shape index (κ1) is 16.9. The molecule has 2 aromatic carbocycles. The predicted molar refractivity (Wildman–Crippen MR) is 93.4 cm³/mol. The molecule has 2 N–H and O–H groups in total. The lowest BCUT2D eigenvalue weighted by atomic mass is 10.2. The fourth-order valence-electron chi connectivity index (χ4n) is 1.77. The molecule has 0 aliphatic carbocycles. The number of aryl methyl sites for hydroxylation is 1. The van der Waals surface area contributed by atoms with Crippen LogP contribution in [0.15, 0.2) is 58.1 Å². The third-order valence-electron chi connectivity index (χ3n) is 3.01. The minimum atomic E-state index is -0.395. The minimum Gasteiger partial charge on any atom is -0.343 e. The van der Waals surface area contributed by atoms with Crippen molar-refractivity contribution in [2.45, 2.75) is 6.92 Å². The Kier molecular flexibility index (Phi) is 6.05. The summed E-state index contributed by atoms with van der Waals surface area (Å²) in [7, 11) is 0. The molecule has 0 aromatic heterocycles. The lowest BCUT2D eigenvalue weighted by Gasteiger charge is -2.05. The van der Waals surface area contributed by atoms with Gasteiger partial charge in [0.25, 0.3) is 11.8 Å². The highest BCUT2D eigenvalue weighted by Crippen LogP contribution is 2.15. The summed E-state index contributed by atoms with van der Waals surface area (Å²) in [6.45, 7) is 1.85. The zero-order chi connectivity index (χ0) is 16.7. The largest absolute Gasteiger partial charge is 0.343 e. The molecular formula is C17H16BrN3O2. The van der Waals surface area contributed by atoms with Crippen molar-refractivity contribution in [2.75, 3.05) is 6.54 Å². The molecule has 0 aliphatic rings. The van der Waals surface area contributed by atoms with Crippen LogP contribution < -0.4 is 10.7 Å². The Bertz CT molecular complexity index is 727. The number of halogens is 1. The van der Waals surface area contributed by atoms with Gasteiger partial charge in [-0.05, 0) is 40.5 Å². The molecule has 0 heterocycles. The van der Waals surface area contributed by atoms with Crippen LogP contribution in [0.4, 0.5) is 0 Å². The second-order valence-electron chi connectivity index (χ2n) is 4.87. The van der Waals surface area contributed by atoms with E-state index >= 15 is 0 Å². The summed E-state index contributed by atoms with van der Waals surface area (Å²) in [5, 5.41) is 6.40. The number of nitrogens with one attached hydrogen (secondary N) is 2. The van der Waals surface area contributed by atoms with E-state index in [1.165, 1.54) is 0 Å². The number of nitrogens with zero attached hydrogens (tertiary/aromatic N) is 1. The van der Waals surface area contributed by atoms with Gasteiger partial charge in [0.2, 0.25) is 0 Å². The summed E-state index contributed by atoms with van der Waals surface area (Å²) in [5.74, 6) is -0.719. The first-order chi connectivity index (χ1) is 11.1. The van der Waals surface area contributed by atoms with Crippen molar-refractivity contribution in [2.24, 2.45) is 5.10 Å². The van der Waals surface area contributed by atoms with Crippen molar-refractivity contribution in [1.82, 2.24) is 10.7 Å². The Morgan fingerprint density at radius 3 is 2.52 bits per heavy atom. The lowest BCUT2D eigenvalue weighted by molar-refractivity contribution is -0.120. The van der Waals surface area contributed by atoms with Crippen LogP contribution >= 0.6 is 15.9 Å². The van der Waals surface area contributed by atoms with Crippen LogP contribution in [0.25, 0.3) is 0 Å². The quantitative estimate of drug-likeness (QED) is 0.624. The van der Waals surface area contributed by atoms with Crippen molar-refractivity contribution < 1.29 is 9.59 Å². The summed E-state index contributed by atoms with van der Waals surface area (Å²) in [5.41, 5.74) is 4.88. The average Bonchev–Trinajstić information content (AvgIpc) is 2.55. The SMILES string of the molecule is Cc1ccc(/C=N\NC(=O)CNC(=O)c2ccccc2Br)cc1. The van der Waals surface area contributed by atoms with E-state index < -0.39 is 5.91 Å². The van der Waals surface area contributed by atoms with Crippen LogP contribution in [0.3, 0.4) is 0 Å². The molecule has 2 amide bonds. The Balaban J connectivity index is 1.80. The molecule has 23 heavy (non-hydrogen) atoms. The van der Waals surface area contributed by atoms with Gasteiger partial charge < -0.3 is 5.32 Å². The van der Waals surface area contributed by atoms with Gasteiger partial charge >= 0.3 is 0 Å². The maximum Gasteiger partial charge on any atom is 0.259 e. The van der Waals surface area contributed by atoms with E-state index in [2.05, 4.69) is 31.8 Å². The monoisotopic (exact) mass is 373 g/mol. The molecule has 0 spiro atoms. The van der Waals surface area contributed by atoms with E-state index in [1.807, 2.05) is 37.3 Å². The number of hydrogen-bond acceptors (Lipinski definition) is 3. The number of hydrogen-bond donors (Lipinski definition) is 2. The third kappa shape index (κ3) is 5.34. The van der Waals surface area contributed by atoms with E-state index in [4.69, 9.17) is 0 Å². The maximum atomic E-state index is 11.9. The molecule has 0 fully saturated rings. The minimum absolute atomic E-state index is 0.147. The molecule has 2 rings (SSSR count). The Morgan fingerprint density at radius 1 is 1.13 bits per heavy atom. The van der Waals surface area contributed by atoms with Crippen molar-refractivity contribution in [3.63, 3.8) is 0 Å². The van der Waals surface area contributed by atoms with Gasteiger partial charge in [0, 0.05) is 4.47 Å². The van der Waals surface area contributed by atoms with E-state index in [0.29, 0.717) is 10.0 Å². The van der Waals surface area contributed by atoms with Crippen LogP contribution in [0.2, 0.25) is 0 Å². The zero-order valence-corrected chi connectivity index (χ0v) is 14.1. The number of benzene rings is 2. The summed E-state index contributed by atoms with van der Waals surface area (Å²) in [6, 6.07) is 14.7. The number of amides is 2. The fraction of sp³-hybridized carbons (Fsp3) is 0.118. The molecule has 0 saturated carbocycles. The molecule has 118 valence electrons. The van der Waals surface area contributed by atoms with Gasteiger partial charge in [0.05, 0.1) is 18.3 Å². The Labute approximate surface area is 142 Å². The van der Waals surface area contributed by atoms with Gasteiger partial charge in [-0.15, -0.1) is 0 Å². The van der Waals surface area contributed by atoms with Crippen LogP contribution in [-0.2, 0) is 4.79 Å². The number of hydrazone groups is 1. The first-order valence-electron chi connectivity index (χ1n) is 6.97. The summed E-state index contributed by atoms with van der Waals surface area (Å²) < 4.78 is 0.676. The molecule has 2 aromatic rings. The normalized spacial score (nSPS) is 10.5. The first-order valence-corrected chi connectivity index (χ1v) is 7.77. The van der Waals surface area contributed by atoms with Crippen LogP contribution in [-0.4, -0.2) is 24.6 Å². The summed E-state index contributed by atoms with van der Waals surface area (Å²) in [6.07, 6.45) is 1.55. The second-order valence-corrected chi connectivity index (χ2v) is 5.72. The Morgan fingerprint density at radius 2 is 1.83 bits per heavy atom. The van der Waals surface area contributed by atoms with Crippen molar-refractivity contribution >= 4 is 34.0 Å². The number of rotatable bonds is 5. The third-order valence-corrected chi connectivity index (χ3v) is 3.70. The van der Waals surface area contributed by atoms with Crippen molar-refractivity contribution in [3.05, 3.63) is 69.7 Å². The smallest absolute Gasteiger partial charge is 0.259 e. The molecule has 0 bridgehead atoms. The second kappa shape index (κ2) is 8.24. The van der Waals surface area contributed by atoms with E-state index in [-0.39, 0.29) is 12.5 Å². The van der Waals surface area contributed by atoms with E-state index in [0.717, 1.165) is 11.1 Å². The highest BCUT2D eigenvalue weighted by molar-refractivity contribution is 9.10. The topological polar surface area (TPSA) is 70.6 Å². The molecule has 6 heteroatoms. The standard InChI is InChI=1S/C17H16BrN3O2/c1-12-6-8-13(9-7-12)10-20-21-16(22)11-19-17(23)14-4-2-3-5-15(14)18/h2-10H,11H2,1H3,(H,19,23)(H,21,22)/b20-10-. The maximum absolute atomic E-state index is 11.9. The molecular weight excluding hydrogens is 358 g/mol. The predicted octanol–water partition coefficient (Wildman–Crippen LogP) is 2.64. The van der Waals surface area contributed by atoms with Gasteiger partial charge in [-0.2, -0.15) is 5.10 Å². The summed E-state index contributed by atoms with van der Waals surface area (Å²) in [4.78, 5) is 23.6. The van der Waals surface area contributed by atoms with Gasteiger partial charge in [-0.1, -0.05) is 42.0 Å². The van der Waals surface area contributed by atoms with E-state index in [1.54, 1.807) is 24.4 Å². The summed E-state index contributed by atoms with van der Waals surface area (Å²) >= 11 is 3.29. The van der Waals surface area contributed by atoms with Gasteiger partial charge in [0.15, 0.2) is 0 Å². The number of carbonyl (C=O) groups excluding carboxylic acids is 2. The zero-order valence-electron chi connectivity index (χ0n) is 12.5. The fourth-order valence-corrected chi connectivity index (χ4v) is 2.24. The molecule has 0 saturated heterocycles. The molecule has 0 radical (unpaired) electrons. The van der Waals surface area contributed by atoms with E-state index in [9.17, 15) is 9.59 Å². The van der Waals surface area contributed by atoms with Crippen molar-refractivity contribution in [1.29, 1.82) is 0 Å². The van der Waals surface area contributed by atoms with Gasteiger partial charge in [0.1, 0.15) is 0 Å². The van der Waals surface area contributed by atoms with Crippen LogP contribution in [0.1, 0.15) is 21.5 Å². The molecule has 0 unspecified atom stereocenters. The highest BCUT2D eigenvalue weighted by atomic mass is 79.9. The van der Waals surface area contributed by atoms with Crippen LogP contribution in [0, 0.1) is 6.92 Å². The molecule has 0 atom stereocenters. The molecule has 5 nitrogen and oxygen atoms in total. The number of carbonyl (C=O) groups is 2. The average molecular weight is 374 g/mol. The van der Waals surface area contributed by atoms with Gasteiger partial charge in [-0.3, -0.25) is 9.59 Å². The van der Waals surface area contributed by atoms with Crippen molar-refractivity contribution in [3.8, 4) is 0 Å². The lowest BCUT2D eigenvalue weighted by Crippen LogP contribution is -2.35. The highest BCUT2D eigenvalue weighted by Gasteiger charge is 2.10. The molecule has 0 aliphatic heterocycles. The van der Waals surface area contributed by atoms with Crippen LogP contribution in [0.5, 0.6) is 0 Å².